The number of phenolic OH excluding ortho intramolecular Hbond substituents is 1. The molecule has 0 saturated heterocycles. The van der Waals surface area contributed by atoms with Gasteiger partial charge >= 0.3 is 0 Å². The third kappa shape index (κ3) is 3.45. The van der Waals surface area contributed by atoms with Crippen molar-refractivity contribution in [2.45, 2.75) is 31.7 Å². The first-order valence-corrected chi connectivity index (χ1v) is 9.99. The van der Waals surface area contributed by atoms with Gasteiger partial charge in [0.25, 0.3) is 5.69 Å². The Morgan fingerprint density at radius 2 is 1.87 bits per heavy atom. The van der Waals surface area contributed by atoms with Crippen molar-refractivity contribution in [2.24, 2.45) is 0 Å². The van der Waals surface area contributed by atoms with E-state index in [4.69, 9.17) is 4.74 Å². The van der Waals surface area contributed by atoms with Gasteiger partial charge in [-0.25, -0.2) is 0 Å². The number of nitro groups is 1. The molecule has 3 aromatic carbocycles. The normalized spacial score (nSPS) is 20.1. The van der Waals surface area contributed by atoms with E-state index in [1.54, 1.807) is 18.2 Å². The summed E-state index contributed by atoms with van der Waals surface area (Å²) < 4.78 is 5.72. The molecule has 0 saturated carbocycles. The zero-order valence-corrected chi connectivity index (χ0v) is 17.0. The van der Waals surface area contributed by atoms with Crippen LogP contribution in [0.1, 0.15) is 43.0 Å². The molecule has 0 radical (unpaired) electrons. The van der Waals surface area contributed by atoms with Crippen LogP contribution in [-0.2, 0) is 5.41 Å². The SMILES string of the molecule is CCOc1ccc2c(c1)[C@@](C)(c1ccccc1O)C[C@@H](c1ccc([N+](=O)[O-])cc1)N2. The molecule has 1 aliphatic rings. The number of fused-ring (bicyclic) bond motifs is 1. The summed E-state index contributed by atoms with van der Waals surface area (Å²) in [5.41, 5.74) is 3.40. The van der Waals surface area contributed by atoms with Gasteiger partial charge in [0, 0.05) is 28.8 Å². The first-order valence-electron chi connectivity index (χ1n) is 9.99. The number of nitro benzene ring substituents is 1. The van der Waals surface area contributed by atoms with Crippen LogP contribution >= 0.6 is 0 Å². The number of hydrogen-bond acceptors (Lipinski definition) is 5. The third-order valence-corrected chi connectivity index (χ3v) is 5.84. The largest absolute Gasteiger partial charge is 0.508 e. The number of anilines is 1. The van der Waals surface area contributed by atoms with Crippen molar-refractivity contribution in [2.75, 3.05) is 11.9 Å². The second-order valence-corrected chi connectivity index (χ2v) is 7.74. The first kappa shape index (κ1) is 19.8. The van der Waals surface area contributed by atoms with E-state index in [0.29, 0.717) is 13.0 Å². The van der Waals surface area contributed by atoms with E-state index in [2.05, 4.69) is 12.2 Å². The minimum Gasteiger partial charge on any atom is -0.508 e. The topological polar surface area (TPSA) is 84.6 Å². The Morgan fingerprint density at radius 3 is 2.53 bits per heavy atom. The van der Waals surface area contributed by atoms with Gasteiger partial charge in [-0.15, -0.1) is 0 Å². The fourth-order valence-corrected chi connectivity index (χ4v) is 4.34. The molecule has 154 valence electrons. The Labute approximate surface area is 175 Å². The summed E-state index contributed by atoms with van der Waals surface area (Å²) in [5.74, 6) is 1.03. The van der Waals surface area contributed by atoms with Crippen LogP contribution in [0.2, 0.25) is 0 Å². The van der Waals surface area contributed by atoms with Gasteiger partial charge < -0.3 is 15.2 Å². The van der Waals surface area contributed by atoms with Crippen LogP contribution in [0, 0.1) is 10.1 Å². The van der Waals surface area contributed by atoms with Crippen LogP contribution in [0.3, 0.4) is 0 Å². The quantitative estimate of drug-likeness (QED) is 0.429. The lowest BCUT2D eigenvalue weighted by Crippen LogP contribution is -2.34. The standard InChI is InChI=1S/C24H24N2O4/c1-3-30-18-12-13-21-20(14-18)24(2,19-6-4-5-7-23(19)27)15-22(25-21)16-8-10-17(11-9-16)26(28)29/h4-14,22,25,27H,3,15H2,1-2H3/t22-,24+/m0/s1. The van der Waals surface area contributed by atoms with Crippen molar-refractivity contribution in [1.29, 1.82) is 0 Å². The average Bonchev–Trinajstić information content (AvgIpc) is 2.74. The van der Waals surface area contributed by atoms with Crippen molar-refractivity contribution in [1.82, 2.24) is 0 Å². The summed E-state index contributed by atoms with van der Waals surface area (Å²) >= 11 is 0. The van der Waals surface area contributed by atoms with Gasteiger partial charge in [0.2, 0.25) is 0 Å². The summed E-state index contributed by atoms with van der Waals surface area (Å²) in [6.45, 7) is 4.64. The Bertz CT molecular complexity index is 1080. The van der Waals surface area contributed by atoms with Crippen molar-refractivity contribution in [3.63, 3.8) is 0 Å². The zero-order valence-electron chi connectivity index (χ0n) is 17.0. The molecule has 0 amide bonds. The predicted molar refractivity (Wildman–Crippen MR) is 116 cm³/mol. The lowest BCUT2D eigenvalue weighted by molar-refractivity contribution is -0.384. The second-order valence-electron chi connectivity index (χ2n) is 7.74. The smallest absolute Gasteiger partial charge is 0.269 e. The highest BCUT2D eigenvalue weighted by molar-refractivity contribution is 5.65. The summed E-state index contributed by atoms with van der Waals surface area (Å²) in [6.07, 6.45) is 0.672. The van der Waals surface area contributed by atoms with Gasteiger partial charge in [-0.2, -0.15) is 0 Å². The Balaban J connectivity index is 1.82. The molecule has 4 rings (SSSR count). The maximum absolute atomic E-state index is 11.0. The number of benzene rings is 3. The predicted octanol–water partition coefficient (Wildman–Crippen LogP) is 5.56. The van der Waals surface area contributed by atoms with Gasteiger partial charge in [-0.05, 0) is 48.7 Å². The lowest BCUT2D eigenvalue weighted by atomic mass is 9.68. The highest BCUT2D eigenvalue weighted by Gasteiger charge is 2.40. The fraction of sp³-hybridized carbons (Fsp3) is 0.250. The molecule has 3 aromatic rings. The fourth-order valence-electron chi connectivity index (χ4n) is 4.34. The van der Waals surface area contributed by atoms with E-state index in [-0.39, 0.29) is 17.5 Å². The monoisotopic (exact) mass is 404 g/mol. The maximum atomic E-state index is 11.0. The van der Waals surface area contributed by atoms with Crippen LogP contribution in [0.4, 0.5) is 11.4 Å². The highest BCUT2D eigenvalue weighted by atomic mass is 16.6. The minimum absolute atomic E-state index is 0.0687. The Hall–Kier alpha value is -3.54. The molecule has 1 aliphatic heterocycles. The number of phenols is 1. The molecule has 30 heavy (non-hydrogen) atoms. The molecule has 0 unspecified atom stereocenters. The molecule has 0 aliphatic carbocycles. The Kier molecular flexibility index (Phi) is 5.08. The molecular formula is C24H24N2O4. The number of nitrogens with one attached hydrogen (secondary N) is 1. The van der Waals surface area contributed by atoms with Gasteiger partial charge in [0.15, 0.2) is 0 Å². The molecule has 0 bridgehead atoms. The number of rotatable bonds is 5. The maximum Gasteiger partial charge on any atom is 0.269 e. The van der Waals surface area contributed by atoms with Crippen molar-refractivity contribution >= 4 is 11.4 Å². The van der Waals surface area contributed by atoms with Gasteiger partial charge in [0.05, 0.1) is 17.6 Å². The van der Waals surface area contributed by atoms with Crippen molar-refractivity contribution in [3.8, 4) is 11.5 Å². The highest BCUT2D eigenvalue weighted by Crippen LogP contribution is 2.51. The molecule has 0 aromatic heterocycles. The molecule has 6 nitrogen and oxygen atoms in total. The molecule has 6 heteroatoms. The lowest BCUT2D eigenvalue weighted by Gasteiger charge is -2.42. The molecule has 1 heterocycles. The number of para-hydroxylation sites is 1. The second kappa shape index (κ2) is 7.71. The van der Waals surface area contributed by atoms with E-state index in [9.17, 15) is 15.2 Å². The van der Waals surface area contributed by atoms with E-state index >= 15 is 0 Å². The van der Waals surface area contributed by atoms with Gasteiger partial charge in [0.1, 0.15) is 11.5 Å². The summed E-state index contributed by atoms with van der Waals surface area (Å²) in [5, 5.41) is 25.2. The summed E-state index contributed by atoms with van der Waals surface area (Å²) in [7, 11) is 0. The van der Waals surface area contributed by atoms with Gasteiger partial charge in [-0.3, -0.25) is 10.1 Å². The number of hydrogen-bond donors (Lipinski definition) is 2. The molecule has 0 spiro atoms. The summed E-state index contributed by atoms with van der Waals surface area (Å²) in [6, 6.07) is 19.9. The van der Waals surface area contributed by atoms with E-state index in [1.165, 1.54) is 12.1 Å². The van der Waals surface area contributed by atoms with Crippen LogP contribution in [-0.4, -0.2) is 16.6 Å². The molecule has 0 fully saturated rings. The minimum atomic E-state index is -0.481. The van der Waals surface area contributed by atoms with E-state index in [1.807, 2.05) is 43.3 Å². The molecular weight excluding hydrogens is 380 g/mol. The number of nitrogens with zero attached hydrogens (tertiary/aromatic N) is 1. The van der Waals surface area contributed by atoms with Crippen LogP contribution in [0.25, 0.3) is 0 Å². The molecule has 2 atom stereocenters. The number of non-ortho nitro benzene ring substituents is 1. The first-order chi connectivity index (χ1) is 14.4. The molecule has 2 N–H and O–H groups in total. The van der Waals surface area contributed by atoms with Crippen molar-refractivity contribution < 1.29 is 14.8 Å². The zero-order chi connectivity index (χ0) is 21.3. The third-order valence-electron chi connectivity index (χ3n) is 5.84. The summed E-state index contributed by atoms with van der Waals surface area (Å²) in [4.78, 5) is 10.6. The Morgan fingerprint density at radius 1 is 1.13 bits per heavy atom. The van der Waals surface area contributed by atoms with Crippen molar-refractivity contribution in [3.05, 3.63) is 93.5 Å². The van der Waals surface area contributed by atoms with E-state index in [0.717, 1.165) is 28.1 Å². The van der Waals surface area contributed by atoms with E-state index < -0.39 is 10.3 Å². The van der Waals surface area contributed by atoms with Crippen LogP contribution < -0.4 is 10.1 Å². The van der Waals surface area contributed by atoms with Crippen LogP contribution in [0.5, 0.6) is 11.5 Å². The van der Waals surface area contributed by atoms with Crippen LogP contribution in [0.15, 0.2) is 66.7 Å². The average molecular weight is 404 g/mol. The number of ether oxygens (including phenoxy) is 1. The number of aromatic hydroxyl groups is 1. The van der Waals surface area contributed by atoms with Gasteiger partial charge in [-0.1, -0.05) is 37.3 Å².